The summed E-state index contributed by atoms with van der Waals surface area (Å²) in [5.74, 6) is -0.850. The van der Waals surface area contributed by atoms with E-state index in [0.29, 0.717) is 19.8 Å². The number of hydrogen-bond acceptors (Lipinski definition) is 3. The third kappa shape index (κ3) is 2.61. The number of carbonyl (C=O) groups excluding carboxylic acids is 1. The minimum Gasteiger partial charge on any atom is -0.377 e. The second-order valence-corrected chi connectivity index (χ2v) is 3.98. The maximum absolute atomic E-state index is 13.0. The van der Waals surface area contributed by atoms with Crippen LogP contribution in [0.2, 0.25) is 0 Å². The van der Waals surface area contributed by atoms with Gasteiger partial charge in [-0.3, -0.25) is 4.79 Å². The number of pyridine rings is 1. The van der Waals surface area contributed by atoms with E-state index in [1.54, 1.807) is 4.90 Å². The maximum Gasteiger partial charge on any atom is 0.272 e. The maximum atomic E-state index is 13.0. The molecule has 1 aliphatic heterocycles. The van der Waals surface area contributed by atoms with Crippen molar-refractivity contribution in [1.29, 1.82) is 0 Å². The van der Waals surface area contributed by atoms with Crippen molar-refractivity contribution in [2.75, 3.05) is 19.8 Å². The van der Waals surface area contributed by atoms with E-state index in [4.69, 9.17) is 4.74 Å². The van der Waals surface area contributed by atoms with E-state index < -0.39 is 5.95 Å². The normalized spacial score (nSPS) is 20.4. The highest BCUT2D eigenvalue weighted by Crippen LogP contribution is 2.13. The Labute approximate surface area is 99.4 Å². The molecule has 0 radical (unpaired) electrons. The first-order chi connectivity index (χ1) is 8.22. The standard InChI is InChI=1S/C12H15FN2O2/c1-2-9-8-17-7-6-15(9)12(16)10-4-3-5-11(13)14-10/h3-5,9H,2,6-8H2,1H3. The number of halogens is 1. The molecule has 1 amide bonds. The van der Waals surface area contributed by atoms with Gasteiger partial charge < -0.3 is 9.64 Å². The van der Waals surface area contributed by atoms with Gasteiger partial charge in [-0.2, -0.15) is 4.39 Å². The van der Waals surface area contributed by atoms with Gasteiger partial charge >= 0.3 is 0 Å². The van der Waals surface area contributed by atoms with Crippen LogP contribution >= 0.6 is 0 Å². The van der Waals surface area contributed by atoms with Gasteiger partial charge in [-0.1, -0.05) is 13.0 Å². The lowest BCUT2D eigenvalue weighted by Gasteiger charge is -2.34. The predicted molar refractivity (Wildman–Crippen MR) is 60.1 cm³/mol. The van der Waals surface area contributed by atoms with Crippen molar-refractivity contribution in [1.82, 2.24) is 9.88 Å². The fourth-order valence-corrected chi connectivity index (χ4v) is 1.93. The minimum absolute atomic E-state index is 0.0568. The van der Waals surface area contributed by atoms with Crippen molar-refractivity contribution in [2.24, 2.45) is 0 Å². The summed E-state index contributed by atoms with van der Waals surface area (Å²) in [6.45, 7) is 3.60. The van der Waals surface area contributed by atoms with Gasteiger partial charge in [0.25, 0.3) is 5.91 Å². The van der Waals surface area contributed by atoms with Crippen molar-refractivity contribution in [3.05, 3.63) is 29.8 Å². The summed E-state index contributed by atoms with van der Waals surface area (Å²) in [5.41, 5.74) is 0.158. The van der Waals surface area contributed by atoms with E-state index >= 15 is 0 Å². The number of amides is 1. The zero-order valence-corrected chi connectivity index (χ0v) is 9.73. The molecule has 0 spiro atoms. The van der Waals surface area contributed by atoms with Crippen molar-refractivity contribution >= 4 is 5.91 Å². The Kier molecular flexibility index (Phi) is 3.68. The van der Waals surface area contributed by atoms with Crippen LogP contribution in [-0.4, -0.2) is 41.6 Å². The number of rotatable bonds is 2. The number of aromatic nitrogens is 1. The Morgan fingerprint density at radius 2 is 2.47 bits per heavy atom. The van der Waals surface area contributed by atoms with Crippen LogP contribution in [0.25, 0.3) is 0 Å². The van der Waals surface area contributed by atoms with Gasteiger partial charge in [0.2, 0.25) is 5.95 Å². The molecule has 92 valence electrons. The second-order valence-electron chi connectivity index (χ2n) is 3.98. The van der Waals surface area contributed by atoms with Gasteiger partial charge in [0, 0.05) is 6.54 Å². The average Bonchev–Trinajstić information content (AvgIpc) is 2.38. The summed E-state index contributed by atoms with van der Waals surface area (Å²) in [7, 11) is 0. The first-order valence-corrected chi connectivity index (χ1v) is 5.73. The highest BCUT2D eigenvalue weighted by Gasteiger charge is 2.27. The molecule has 2 rings (SSSR count). The van der Waals surface area contributed by atoms with Gasteiger partial charge in [-0.05, 0) is 18.6 Å². The van der Waals surface area contributed by atoms with Crippen LogP contribution in [0.5, 0.6) is 0 Å². The molecule has 1 aromatic heterocycles. The van der Waals surface area contributed by atoms with E-state index in [1.165, 1.54) is 18.2 Å². The van der Waals surface area contributed by atoms with E-state index in [-0.39, 0.29) is 17.6 Å². The Morgan fingerprint density at radius 1 is 1.65 bits per heavy atom. The third-order valence-electron chi connectivity index (χ3n) is 2.89. The lowest BCUT2D eigenvalue weighted by atomic mass is 10.1. The lowest BCUT2D eigenvalue weighted by Crippen LogP contribution is -2.48. The van der Waals surface area contributed by atoms with Gasteiger partial charge in [0.05, 0.1) is 19.3 Å². The number of carbonyl (C=O) groups is 1. The molecule has 1 fully saturated rings. The molecule has 0 aliphatic carbocycles. The SMILES string of the molecule is CCC1COCCN1C(=O)c1cccc(F)n1. The van der Waals surface area contributed by atoms with E-state index in [2.05, 4.69) is 4.98 Å². The number of morpholine rings is 1. The molecule has 2 heterocycles. The zero-order chi connectivity index (χ0) is 12.3. The van der Waals surface area contributed by atoms with Crippen molar-refractivity contribution < 1.29 is 13.9 Å². The summed E-state index contributed by atoms with van der Waals surface area (Å²) in [6.07, 6.45) is 0.820. The Bertz CT molecular complexity index is 411. The largest absolute Gasteiger partial charge is 0.377 e. The molecule has 1 saturated heterocycles. The van der Waals surface area contributed by atoms with Crippen molar-refractivity contribution in [3.63, 3.8) is 0 Å². The van der Waals surface area contributed by atoms with Crippen LogP contribution in [0, 0.1) is 5.95 Å². The van der Waals surface area contributed by atoms with Crippen molar-refractivity contribution in [2.45, 2.75) is 19.4 Å². The summed E-state index contributed by atoms with van der Waals surface area (Å²) >= 11 is 0. The highest BCUT2D eigenvalue weighted by atomic mass is 19.1. The fourth-order valence-electron chi connectivity index (χ4n) is 1.93. The summed E-state index contributed by atoms with van der Waals surface area (Å²) < 4.78 is 18.3. The monoisotopic (exact) mass is 238 g/mol. The smallest absolute Gasteiger partial charge is 0.272 e. The fraction of sp³-hybridized carbons (Fsp3) is 0.500. The summed E-state index contributed by atoms with van der Waals surface area (Å²) in [6, 6.07) is 4.32. The quantitative estimate of drug-likeness (QED) is 0.733. The first kappa shape index (κ1) is 12.0. The topological polar surface area (TPSA) is 42.4 Å². The Morgan fingerprint density at radius 3 is 3.18 bits per heavy atom. The van der Waals surface area contributed by atoms with Crippen LogP contribution in [0.15, 0.2) is 18.2 Å². The van der Waals surface area contributed by atoms with E-state index in [0.717, 1.165) is 6.42 Å². The molecule has 1 unspecified atom stereocenters. The molecule has 4 nitrogen and oxygen atoms in total. The first-order valence-electron chi connectivity index (χ1n) is 5.73. The Hall–Kier alpha value is -1.49. The number of nitrogens with zero attached hydrogens (tertiary/aromatic N) is 2. The Balaban J connectivity index is 2.18. The molecule has 17 heavy (non-hydrogen) atoms. The van der Waals surface area contributed by atoms with Crippen LogP contribution in [0.4, 0.5) is 4.39 Å². The van der Waals surface area contributed by atoms with E-state index in [1.807, 2.05) is 6.92 Å². The third-order valence-corrected chi connectivity index (χ3v) is 2.89. The molecule has 0 saturated carbocycles. The van der Waals surface area contributed by atoms with E-state index in [9.17, 15) is 9.18 Å². The summed E-state index contributed by atoms with van der Waals surface area (Å²) in [4.78, 5) is 17.5. The van der Waals surface area contributed by atoms with Gasteiger partial charge in [0.15, 0.2) is 0 Å². The van der Waals surface area contributed by atoms with Crippen LogP contribution in [0.1, 0.15) is 23.8 Å². The molecule has 0 N–H and O–H groups in total. The highest BCUT2D eigenvalue weighted by molar-refractivity contribution is 5.92. The van der Waals surface area contributed by atoms with Gasteiger partial charge in [-0.15, -0.1) is 0 Å². The van der Waals surface area contributed by atoms with Gasteiger partial charge in [0.1, 0.15) is 5.69 Å². The lowest BCUT2D eigenvalue weighted by molar-refractivity contribution is -0.00315. The minimum atomic E-state index is -0.628. The second kappa shape index (κ2) is 5.23. The number of hydrogen-bond donors (Lipinski definition) is 0. The van der Waals surface area contributed by atoms with Crippen LogP contribution in [0.3, 0.4) is 0 Å². The molecule has 5 heteroatoms. The van der Waals surface area contributed by atoms with Crippen molar-refractivity contribution in [3.8, 4) is 0 Å². The molecule has 0 aromatic carbocycles. The molecular weight excluding hydrogens is 223 g/mol. The zero-order valence-electron chi connectivity index (χ0n) is 9.73. The molecule has 1 aliphatic rings. The summed E-state index contributed by atoms with van der Waals surface area (Å²) in [5, 5.41) is 0. The van der Waals surface area contributed by atoms with Crippen LogP contribution < -0.4 is 0 Å². The average molecular weight is 238 g/mol. The number of ether oxygens (including phenoxy) is 1. The van der Waals surface area contributed by atoms with Gasteiger partial charge in [-0.25, -0.2) is 4.98 Å². The molecule has 1 aromatic rings. The predicted octanol–water partition coefficient (Wildman–Crippen LogP) is 1.47. The molecular formula is C12H15FN2O2. The van der Waals surface area contributed by atoms with Crippen LogP contribution in [-0.2, 0) is 4.74 Å². The molecule has 1 atom stereocenters. The molecule has 0 bridgehead atoms.